The highest BCUT2D eigenvalue weighted by Crippen LogP contribution is 2.29. The van der Waals surface area contributed by atoms with Crippen LogP contribution < -0.4 is 4.72 Å². The molecule has 0 radical (unpaired) electrons. The SMILES string of the molecule is CC.CCc1ccc(CCNSc2ccccc2-c2ccccc2)cc1. The summed E-state index contributed by atoms with van der Waals surface area (Å²) in [6.45, 7) is 7.15. The van der Waals surface area contributed by atoms with E-state index < -0.39 is 0 Å². The number of aryl methyl sites for hydroxylation is 1. The van der Waals surface area contributed by atoms with Crippen molar-refractivity contribution in [1.29, 1.82) is 0 Å². The van der Waals surface area contributed by atoms with E-state index in [1.165, 1.54) is 27.1 Å². The van der Waals surface area contributed by atoms with Crippen molar-refractivity contribution in [2.75, 3.05) is 6.54 Å². The molecule has 0 fully saturated rings. The summed E-state index contributed by atoms with van der Waals surface area (Å²) in [5, 5.41) is 0. The van der Waals surface area contributed by atoms with Gasteiger partial charge < -0.3 is 0 Å². The van der Waals surface area contributed by atoms with Crippen LogP contribution in [0.1, 0.15) is 31.9 Å². The molecular weight excluding hydrogens is 334 g/mol. The van der Waals surface area contributed by atoms with Crippen LogP contribution in [-0.2, 0) is 12.8 Å². The molecule has 0 spiro atoms. The Kier molecular flexibility index (Phi) is 9.02. The third-order valence-electron chi connectivity index (χ3n) is 4.10. The van der Waals surface area contributed by atoms with Crippen LogP contribution in [0, 0.1) is 0 Å². The molecule has 0 bridgehead atoms. The Morgan fingerprint density at radius 1 is 0.731 bits per heavy atom. The fourth-order valence-electron chi connectivity index (χ4n) is 2.68. The zero-order valence-electron chi connectivity index (χ0n) is 16.0. The first-order valence-electron chi connectivity index (χ1n) is 9.49. The molecule has 3 rings (SSSR count). The van der Waals surface area contributed by atoms with Gasteiger partial charge in [-0.3, -0.25) is 4.72 Å². The van der Waals surface area contributed by atoms with Crippen LogP contribution in [-0.4, -0.2) is 6.54 Å². The van der Waals surface area contributed by atoms with Crippen LogP contribution >= 0.6 is 11.9 Å². The first-order chi connectivity index (χ1) is 12.9. The summed E-state index contributed by atoms with van der Waals surface area (Å²) in [5.41, 5.74) is 5.33. The summed E-state index contributed by atoms with van der Waals surface area (Å²) in [7, 11) is 0. The Labute approximate surface area is 163 Å². The van der Waals surface area contributed by atoms with Crippen molar-refractivity contribution >= 4 is 11.9 Å². The van der Waals surface area contributed by atoms with Gasteiger partial charge >= 0.3 is 0 Å². The highest BCUT2D eigenvalue weighted by atomic mass is 32.2. The molecule has 26 heavy (non-hydrogen) atoms. The molecule has 0 aliphatic rings. The molecule has 1 nitrogen and oxygen atoms in total. The number of benzene rings is 3. The van der Waals surface area contributed by atoms with E-state index in [4.69, 9.17) is 0 Å². The van der Waals surface area contributed by atoms with Gasteiger partial charge in [0, 0.05) is 11.4 Å². The average molecular weight is 364 g/mol. The van der Waals surface area contributed by atoms with Gasteiger partial charge in [0.05, 0.1) is 0 Å². The van der Waals surface area contributed by atoms with Crippen LogP contribution in [0.25, 0.3) is 11.1 Å². The average Bonchev–Trinajstić information content (AvgIpc) is 2.74. The van der Waals surface area contributed by atoms with Crippen LogP contribution in [0.5, 0.6) is 0 Å². The quantitative estimate of drug-likeness (QED) is 0.367. The molecule has 0 heterocycles. The van der Waals surface area contributed by atoms with Crippen molar-refractivity contribution in [3.8, 4) is 11.1 Å². The van der Waals surface area contributed by atoms with E-state index in [2.05, 4.69) is 90.5 Å². The maximum Gasteiger partial charge on any atom is 0.0306 e. The first kappa shape index (κ1) is 20.3. The topological polar surface area (TPSA) is 12.0 Å². The van der Waals surface area contributed by atoms with Crippen molar-refractivity contribution in [1.82, 2.24) is 4.72 Å². The van der Waals surface area contributed by atoms with Gasteiger partial charge in [-0.1, -0.05) is 93.6 Å². The monoisotopic (exact) mass is 363 g/mol. The minimum absolute atomic E-state index is 0.958. The third kappa shape index (κ3) is 6.05. The minimum Gasteiger partial charge on any atom is -0.260 e. The second-order valence-electron chi connectivity index (χ2n) is 5.78. The van der Waals surface area contributed by atoms with Gasteiger partial charge in [-0.25, -0.2) is 0 Å². The fraction of sp³-hybridized carbons (Fsp3) is 0.250. The zero-order valence-corrected chi connectivity index (χ0v) is 16.9. The smallest absolute Gasteiger partial charge is 0.0306 e. The van der Waals surface area contributed by atoms with E-state index >= 15 is 0 Å². The molecule has 1 N–H and O–H groups in total. The number of hydrogen-bond donors (Lipinski definition) is 1. The van der Waals surface area contributed by atoms with Crippen LogP contribution in [0.3, 0.4) is 0 Å². The molecular formula is C24H29NS. The molecule has 0 aliphatic carbocycles. The van der Waals surface area contributed by atoms with E-state index in [0.29, 0.717) is 0 Å². The Bertz CT molecular complexity index is 751. The number of hydrogen-bond acceptors (Lipinski definition) is 2. The summed E-state index contributed by atoms with van der Waals surface area (Å²) in [6, 6.07) is 28.0. The van der Waals surface area contributed by atoms with E-state index in [9.17, 15) is 0 Å². The predicted octanol–water partition coefficient (Wildman–Crippen LogP) is 6.78. The molecule has 3 aromatic rings. The molecule has 136 valence electrons. The molecule has 0 saturated heterocycles. The van der Waals surface area contributed by atoms with Gasteiger partial charge in [0.2, 0.25) is 0 Å². The molecule has 2 heteroatoms. The predicted molar refractivity (Wildman–Crippen MR) is 117 cm³/mol. The molecule has 0 saturated carbocycles. The highest BCUT2D eigenvalue weighted by molar-refractivity contribution is 7.97. The maximum absolute atomic E-state index is 3.51. The second-order valence-corrected chi connectivity index (χ2v) is 6.71. The Morgan fingerprint density at radius 3 is 2.04 bits per heavy atom. The number of rotatable bonds is 7. The van der Waals surface area contributed by atoms with Gasteiger partial charge in [0.15, 0.2) is 0 Å². The van der Waals surface area contributed by atoms with Crippen molar-refractivity contribution in [3.05, 3.63) is 90.0 Å². The van der Waals surface area contributed by atoms with E-state index in [1.54, 1.807) is 11.9 Å². The van der Waals surface area contributed by atoms with Crippen molar-refractivity contribution in [2.24, 2.45) is 0 Å². The molecule has 0 atom stereocenters. The van der Waals surface area contributed by atoms with Gasteiger partial charge in [-0.2, -0.15) is 0 Å². The molecule has 0 aliphatic heterocycles. The lowest BCUT2D eigenvalue weighted by molar-refractivity contribution is 0.906. The molecule has 0 unspecified atom stereocenters. The minimum atomic E-state index is 0.958. The Balaban J connectivity index is 0.00000117. The Hall–Kier alpha value is -2.03. The van der Waals surface area contributed by atoms with Crippen molar-refractivity contribution < 1.29 is 0 Å². The standard InChI is InChI=1S/C22H23NS.C2H6/c1-2-18-12-14-19(15-13-18)16-17-23-24-22-11-7-6-10-21(22)20-8-4-3-5-9-20;1-2/h3-15,23H,2,16-17H2,1H3;1-2H3. The third-order valence-corrected chi connectivity index (χ3v) is 5.03. The molecule has 0 amide bonds. The summed E-state index contributed by atoms with van der Waals surface area (Å²) >= 11 is 1.72. The molecule has 0 aromatic heterocycles. The zero-order chi connectivity index (χ0) is 18.6. The van der Waals surface area contributed by atoms with Crippen molar-refractivity contribution in [2.45, 2.75) is 38.5 Å². The summed E-state index contributed by atoms with van der Waals surface area (Å²) in [5.74, 6) is 0. The van der Waals surface area contributed by atoms with E-state index in [1.807, 2.05) is 13.8 Å². The molecule has 3 aromatic carbocycles. The lowest BCUT2D eigenvalue weighted by Gasteiger charge is -2.10. The van der Waals surface area contributed by atoms with E-state index in [-0.39, 0.29) is 0 Å². The van der Waals surface area contributed by atoms with Gasteiger partial charge in [-0.15, -0.1) is 0 Å². The largest absolute Gasteiger partial charge is 0.260 e. The van der Waals surface area contributed by atoms with Gasteiger partial charge in [-0.05, 0) is 53.1 Å². The Morgan fingerprint density at radius 2 is 1.35 bits per heavy atom. The number of nitrogens with one attached hydrogen (secondary N) is 1. The lowest BCUT2D eigenvalue weighted by Crippen LogP contribution is -2.08. The lowest BCUT2D eigenvalue weighted by atomic mass is 10.1. The van der Waals surface area contributed by atoms with Gasteiger partial charge in [0.25, 0.3) is 0 Å². The van der Waals surface area contributed by atoms with Crippen molar-refractivity contribution in [3.63, 3.8) is 0 Å². The van der Waals surface area contributed by atoms with E-state index in [0.717, 1.165) is 19.4 Å². The second kappa shape index (κ2) is 11.6. The van der Waals surface area contributed by atoms with Crippen LogP contribution in [0.2, 0.25) is 0 Å². The summed E-state index contributed by atoms with van der Waals surface area (Å²) in [6.07, 6.45) is 2.15. The van der Waals surface area contributed by atoms with Crippen LogP contribution in [0.15, 0.2) is 83.8 Å². The highest BCUT2D eigenvalue weighted by Gasteiger charge is 2.04. The van der Waals surface area contributed by atoms with Crippen LogP contribution in [0.4, 0.5) is 0 Å². The first-order valence-corrected chi connectivity index (χ1v) is 10.3. The summed E-state index contributed by atoms with van der Waals surface area (Å²) < 4.78 is 3.51. The summed E-state index contributed by atoms with van der Waals surface area (Å²) in [4.78, 5) is 1.27. The normalized spacial score (nSPS) is 10.1. The van der Waals surface area contributed by atoms with Gasteiger partial charge in [0.1, 0.15) is 0 Å². The maximum atomic E-state index is 3.51. The fourth-order valence-corrected chi connectivity index (χ4v) is 3.48.